The fourth-order valence-electron chi connectivity index (χ4n) is 1.83. The van der Waals surface area contributed by atoms with Crippen molar-refractivity contribution in [1.29, 1.82) is 0 Å². The van der Waals surface area contributed by atoms with Gasteiger partial charge >= 0.3 is 0 Å². The highest BCUT2D eigenvalue weighted by atomic mass is 16.5. The predicted octanol–water partition coefficient (Wildman–Crippen LogP) is 0.550. The summed E-state index contributed by atoms with van der Waals surface area (Å²) in [7, 11) is 0. The van der Waals surface area contributed by atoms with Crippen molar-refractivity contribution in [2.75, 3.05) is 24.6 Å². The maximum Gasteiger partial charge on any atom is 0.147 e. The number of nitrogens with two attached hydrogens (primary N) is 1. The maximum atomic E-state index is 5.65. The number of hydrogen-bond donors (Lipinski definition) is 1. The van der Waals surface area contributed by atoms with E-state index in [0.29, 0.717) is 6.54 Å². The van der Waals surface area contributed by atoms with Crippen LogP contribution in [0.3, 0.4) is 0 Å². The predicted molar refractivity (Wildman–Crippen MR) is 62.2 cm³/mol. The highest BCUT2D eigenvalue weighted by Gasteiger charge is 2.27. The maximum absolute atomic E-state index is 5.65. The average Bonchev–Trinajstić information content (AvgIpc) is 2.28. The van der Waals surface area contributed by atoms with Crippen molar-refractivity contribution in [2.24, 2.45) is 5.73 Å². The van der Waals surface area contributed by atoms with E-state index in [9.17, 15) is 0 Å². The van der Waals surface area contributed by atoms with Gasteiger partial charge in [0, 0.05) is 19.6 Å². The molecule has 0 saturated carbocycles. The number of nitrogens with zero attached hydrogens (tertiary/aromatic N) is 3. The van der Waals surface area contributed by atoms with E-state index in [-0.39, 0.29) is 5.60 Å². The van der Waals surface area contributed by atoms with Gasteiger partial charge < -0.3 is 15.4 Å². The van der Waals surface area contributed by atoms with Crippen LogP contribution < -0.4 is 10.6 Å². The fourth-order valence-corrected chi connectivity index (χ4v) is 1.83. The van der Waals surface area contributed by atoms with Gasteiger partial charge in [-0.15, -0.1) is 0 Å². The lowest BCUT2D eigenvalue weighted by molar-refractivity contribution is -0.0279. The zero-order chi connectivity index (χ0) is 11.6. The van der Waals surface area contributed by atoms with Crippen LogP contribution in [-0.4, -0.2) is 35.3 Å². The van der Waals surface area contributed by atoms with E-state index in [1.807, 2.05) is 0 Å². The molecule has 2 rings (SSSR count). The van der Waals surface area contributed by atoms with E-state index >= 15 is 0 Å². The molecule has 88 valence electrons. The molecule has 5 heteroatoms. The largest absolute Gasteiger partial charge is 0.372 e. The number of anilines is 1. The van der Waals surface area contributed by atoms with Crippen LogP contribution in [0.4, 0.5) is 5.82 Å². The Labute approximate surface area is 95.6 Å². The van der Waals surface area contributed by atoms with Crippen LogP contribution in [0.15, 0.2) is 12.4 Å². The molecule has 1 aliphatic rings. The number of morpholine rings is 1. The van der Waals surface area contributed by atoms with Crippen LogP contribution in [0.5, 0.6) is 0 Å². The number of aromatic nitrogens is 2. The molecule has 0 radical (unpaired) electrons. The van der Waals surface area contributed by atoms with Crippen molar-refractivity contribution >= 4 is 5.82 Å². The summed E-state index contributed by atoms with van der Waals surface area (Å²) in [5.74, 6) is 0.897. The molecule has 0 atom stereocenters. The molecule has 0 amide bonds. The lowest BCUT2D eigenvalue weighted by Crippen LogP contribution is -2.48. The Morgan fingerprint density at radius 2 is 2.25 bits per heavy atom. The third kappa shape index (κ3) is 2.48. The van der Waals surface area contributed by atoms with Gasteiger partial charge in [-0.05, 0) is 13.8 Å². The quantitative estimate of drug-likeness (QED) is 0.791. The molecule has 0 spiro atoms. The number of hydrogen-bond acceptors (Lipinski definition) is 5. The van der Waals surface area contributed by atoms with Crippen LogP contribution in [0.25, 0.3) is 0 Å². The topological polar surface area (TPSA) is 64.3 Å². The molecule has 1 aromatic rings. The van der Waals surface area contributed by atoms with Crippen LogP contribution in [-0.2, 0) is 11.3 Å². The molecule has 1 fully saturated rings. The second-order valence-corrected chi connectivity index (χ2v) is 4.60. The molecule has 0 aliphatic carbocycles. The molecule has 2 heterocycles. The minimum Gasteiger partial charge on any atom is -0.372 e. The van der Waals surface area contributed by atoms with E-state index in [4.69, 9.17) is 10.5 Å². The van der Waals surface area contributed by atoms with Crippen LogP contribution >= 0.6 is 0 Å². The summed E-state index contributed by atoms with van der Waals surface area (Å²) < 4.78 is 5.65. The van der Waals surface area contributed by atoms with Crippen molar-refractivity contribution in [3.63, 3.8) is 0 Å². The molecule has 5 nitrogen and oxygen atoms in total. The zero-order valence-corrected chi connectivity index (χ0v) is 9.81. The van der Waals surface area contributed by atoms with Gasteiger partial charge in [-0.3, -0.25) is 4.98 Å². The highest BCUT2D eigenvalue weighted by Crippen LogP contribution is 2.20. The summed E-state index contributed by atoms with van der Waals surface area (Å²) >= 11 is 0. The van der Waals surface area contributed by atoms with Crippen molar-refractivity contribution in [2.45, 2.75) is 26.0 Å². The zero-order valence-electron chi connectivity index (χ0n) is 9.81. The monoisotopic (exact) mass is 222 g/mol. The number of rotatable bonds is 2. The molecule has 0 bridgehead atoms. The Morgan fingerprint density at radius 1 is 1.44 bits per heavy atom. The Balaban J connectivity index is 2.11. The molecule has 1 aliphatic heterocycles. The van der Waals surface area contributed by atoms with Gasteiger partial charge in [0.1, 0.15) is 5.82 Å². The summed E-state index contributed by atoms with van der Waals surface area (Å²) in [5, 5.41) is 0. The average molecular weight is 222 g/mol. The molecule has 1 saturated heterocycles. The standard InChI is InChI=1S/C11H18N4O/c1-11(2)8-15(3-4-16-11)10-7-13-9(5-12)6-14-10/h6-7H,3-5,8,12H2,1-2H3. The van der Waals surface area contributed by atoms with E-state index < -0.39 is 0 Å². The summed E-state index contributed by atoms with van der Waals surface area (Å²) in [5.41, 5.74) is 6.18. The molecule has 0 aromatic carbocycles. The van der Waals surface area contributed by atoms with E-state index in [2.05, 4.69) is 28.7 Å². The Bertz CT molecular complexity index is 350. The minimum atomic E-state index is -0.119. The van der Waals surface area contributed by atoms with Crippen molar-refractivity contribution in [3.05, 3.63) is 18.1 Å². The van der Waals surface area contributed by atoms with Crippen LogP contribution in [0, 0.1) is 0 Å². The smallest absolute Gasteiger partial charge is 0.147 e. The van der Waals surface area contributed by atoms with Gasteiger partial charge in [0.25, 0.3) is 0 Å². The number of ether oxygens (including phenoxy) is 1. The second kappa shape index (κ2) is 4.35. The summed E-state index contributed by atoms with van der Waals surface area (Å²) in [6.45, 7) is 7.03. The Kier molecular flexibility index (Phi) is 3.07. The molecular weight excluding hydrogens is 204 g/mol. The Hall–Kier alpha value is -1.20. The SMILES string of the molecule is CC1(C)CN(c2cnc(CN)cn2)CCO1. The normalized spacial score (nSPS) is 19.8. The van der Waals surface area contributed by atoms with Gasteiger partial charge in [0.2, 0.25) is 0 Å². The van der Waals surface area contributed by atoms with Crippen molar-refractivity contribution in [3.8, 4) is 0 Å². The van der Waals surface area contributed by atoms with Crippen molar-refractivity contribution in [1.82, 2.24) is 9.97 Å². The minimum absolute atomic E-state index is 0.119. The third-order valence-corrected chi connectivity index (χ3v) is 2.65. The van der Waals surface area contributed by atoms with Gasteiger partial charge in [-0.2, -0.15) is 0 Å². The van der Waals surface area contributed by atoms with E-state index in [0.717, 1.165) is 31.2 Å². The first-order valence-corrected chi connectivity index (χ1v) is 5.51. The van der Waals surface area contributed by atoms with Crippen molar-refractivity contribution < 1.29 is 4.74 Å². The first-order chi connectivity index (χ1) is 7.61. The Morgan fingerprint density at radius 3 is 2.81 bits per heavy atom. The fraction of sp³-hybridized carbons (Fsp3) is 0.636. The molecule has 0 unspecified atom stereocenters. The van der Waals surface area contributed by atoms with Gasteiger partial charge in [-0.1, -0.05) is 0 Å². The molecule has 1 aromatic heterocycles. The van der Waals surface area contributed by atoms with Gasteiger partial charge in [0.05, 0.1) is 30.3 Å². The summed E-state index contributed by atoms with van der Waals surface area (Å²) in [4.78, 5) is 10.8. The molecule has 16 heavy (non-hydrogen) atoms. The lowest BCUT2D eigenvalue weighted by atomic mass is 10.1. The van der Waals surface area contributed by atoms with Crippen LogP contribution in [0.1, 0.15) is 19.5 Å². The van der Waals surface area contributed by atoms with E-state index in [1.54, 1.807) is 12.4 Å². The summed E-state index contributed by atoms with van der Waals surface area (Å²) in [6, 6.07) is 0. The van der Waals surface area contributed by atoms with Crippen LogP contribution in [0.2, 0.25) is 0 Å². The first kappa shape index (κ1) is 11.3. The molecule has 2 N–H and O–H groups in total. The van der Waals surface area contributed by atoms with Gasteiger partial charge in [-0.25, -0.2) is 4.98 Å². The molecular formula is C11H18N4O. The summed E-state index contributed by atoms with van der Waals surface area (Å²) in [6.07, 6.45) is 3.52. The second-order valence-electron chi connectivity index (χ2n) is 4.60. The van der Waals surface area contributed by atoms with E-state index in [1.165, 1.54) is 0 Å². The lowest BCUT2D eigenvalue weighted by Gasteiger charge is -2.38. The highest BCUT2D eigenvalue weighted by molar-refractivity contribution is 5.37. The van der Waals surface area contributed by atoms with Gasteiger partial charge in [0.15, 0.2) is 0 Å². The third-order valence-electron chi connectivity index (χ3n) is 2.65. The first-order valence-electron chi connectivity index (χ1n) is 5.51.